The third-order valence-corrected chi connectivity index (χ3v) is 4.22. The highest BCUT2D eigenvalue weighted by Gasteiger charge is 2.32. The van der Waals surface area contributed by atoms with E-state index in [4.69, 9.17) is 5.11 Å². The van der Waals surface area contributed by atoms with E-state index in [0.717, 1.165) is 0 Å². The van der Waals surface area contributed by atoms with Gasteiger partial charge in [-0.05, 0) is 33.6 Å². The molecule has 0 radical (unpaired) electrons. The predicted octanol–water partition coefficient (Wildman–Crippen LogP) is 1.35. The lowest BCUT2D eigenvalue weighted by Gasteiger charge is -2.36. The lowest BCUT2D eigenvalue weighted by atomic mass is 9.93. The summed E-state index contributed by atoms with van der Waals surface area (Å²) in [4.78, 5) is 38.5. The molecule has 0 aliphatic carbocycles. The van der Waals surface area contributed by atoms with Crippen LogP contribution in [0.25, 0.3) is 0 Å². The van der Waals surface area contributed by atoms with Crippen molar-refractivity contribution in [2.45, 2.75) is 52.5 Å². The first-order valence-electron chi connectivity index (χ1n) is 7.70. The SMILES string of the molecule is CCN(CC)C(=O)CCC(=O)N1CC(C(=O)O)CCC1C. The molecule has 0 aromatic heterocycles. The lowest BCUT2D eigenvalue weighted by molar-refractivity contribution is -0.148. The largest absolute Gasteiger partial charge is 0.481 e. The number of carboxylic acid groups (broad SMARTS) is 1. The molecule has 1 heterocycles. The van der Waals surface area contributed by atoms with Crippen LogP contribution in [0, 0.1) is 5.92 Å². The number of carbonyl (C=O) groups excluding carboxylic acids is 2. The van der Waals surface area contributed by atoms with E-state index in [1.165, 1.54) is 0 Å². The number of carbonyl (C=O) groups is 3. The Kier molecular flexibility index (Phi) is 6.65. The van der Waals surface area contributed by atoms with E-state index in [0.29, 0.717) is 25.9 Å². The number of nitrogens with zero attached hydrogens (tertiary/aromatic N) is 2. The van der Waals surface area contributed by atoms with Crippen molar-refractivity contribution in [3.8, 4) is 0 Å². The van der Waals surface area contributed by atoms with Gasteiger partial charge in [0.2, 0.25) is 11.8 Å². The van der Waals surface area contributed by atoms with Gasteiger partial charge in [-0.2, -0.15) is 0 Å². The number of amides is 2. The highest BCUT2D eigenvalue weighted by atomic mass is 16.4. The van der Waals surface area contributed by atoms with Crippen LogP contribution < -0.4 is 0 Å². The Bertz CT molecular complexity index is 393. The molecule has 1 saturated heterocycles. The standard InChI is InChI=1S/C15H26N2O4/c1-4-16(5-2)13(18)8-9-14(19)17-10-12(15(20)21)7-6-11(17)3/h11-12H,4-10H2,1-3H3,(H,20,21). The second kappa shape index (κ2) is 8.00. The summed E-state index contributed by atoms with van der Waals surface area (Å²) in [5, 5.41) is 9.08. The van der Waals surface area contributed by atoms with Gasteiger partial charge in [-0.3, -0.25) is 14.4 Å². The monoisotopic (exact) mass is 298 g/mol. The molecule has 0 aromatic rings. The van der Waals surface area contributed by atoms with Gasteiger partial charge in [0.15, 0.2) is 0 Å². The van der Waals surface area contributed by atoms with Crippen LogP contribution in [-0.4, -0.2) is 58.4 Å². The number of piperidine rings is 1. The Labute approximate surface area is 126 Å². The normalized spacial score (nSPS) is 22.0. The van der Waals surface area contributed by atoms with Crippen molar-refractivity contribution in [3.05, 3.63) is 0 Å². The number of hydrogen-bond acceptors (Lipinski definition) is 3. The van der Waals surface area contributed by atoms with Crippen LogP contribution in [0.15, 0.2) is 0 Å². The molecule has 0 spiro atoms. The van der Waals surface area contributed by atoms with Gasteiger partial charge in [-0.25, -0.2) is 0 Å². The van der Waals surface area contributed by atoms with Crippen molar-refractivity contribution in [2.75, 3.05) is 19.6 Å². The quantitative estimate of drug-likeness (QED) is 0.803. The van der Waals surface area contributed by atoms with Crippen LogP contribution >= 0.6 is 0 Å². The van der Waals surface area contributed by atoms with Gasteiger partial charge in [-0.1, -0.05) is 0 Å². The number of rotatable bonds is 6. The molecule has 2 atom stereocenters. The van der Waals surface area contributed by atoms with E-state index in [1.807, 2.05) is 20.8 Å². The van der Waals surface area contributed by atoms with E-state index in [9.17, 15) is 14.4 Å². The first-order chi connectivity index (χ1) is 9.90. The van der Waals surface area contributed by atoms with E-state index < -0.39 is 11.9 Å². The Morgan fingerprint density at radius 2 is 1.76 bits per heavy atom. The van der Waals surface area contributed by atoms with Gasteiger partial charge in [0, 0.05) is 38.5 Å². The summed E-state index contributed by atoms with van der Waals surface area (Å²) >= 11 is 0. The maximum absolute atomic E-state index is 12.2. The Hall–Kier alpha value is -1.59. The third-order valence-electron chi connectivity index (χ3n) is 4.22. The number of hydrogen-bond donors (Lipinski definition) is 1. The van der Waals surface area contributed by atoms with Crippen LogP contribution in [-0.2, 0) is 14.4 Å². The van der Waals surface area contributed by atoms with Gasteiger partial charge < -0.3 is 14.9 Å². The zero-order chi connectivity index (χ0) is 16.0. The molecule has 120 valence electrons. The molecule has 6 nitrogen and oxygen atoms in total. The van der Waals surface area contributed by atoms with Crippen molar-refractivity contribution in [1.82, 2.24) is 9.80 Å². The summed E-state index contributed by atoms with van der Waals surface area (Å²) in [6, 6.07) is 0.0525. The summed E-state index contributed by atoms with van der Waals surface area (Å²) in [6.45, 7) is 7.30. The zero-order valence-electron chi connectivity index (χ0n) is 13.2. The summed E-state index contributed by atoms with van der Waals surface area (Å²) in [5.41, 5.74) is 0. The fourth-order valence-electron chi connectivity index (χ4n) is 2.75. The topological polar surface area (TPSA) is 77.9 Å². The minimum absolute atomic E-state index is 0.0206. The summed E-state index contributed by atoms with van der Waals surface area (Å²) in [6.07, 6.45) is 1.67. The number of carboxylic acids is 1. The van der Waals surface area contributed by atoms with Gasteiger partial charge in [0.25, 0.3) is 0 Å². The molecular weight excluding hydrogens is 272 g/mol. The number of aliphatic carboxylic acids is 1. The molecule has 6 heteroatoms. The van der Waals surface area contributed by atoms with Crippen molar-refractivity contribution in [1.29, 1.82) is 0 Å². The molecule has 1 rings (SSSR count). The molecule has 2 amide bonds. The Morgan fingerprint density at radius 1 is 1.14 bits per heavy atom. The molecule has 2 unspecified atom stereocenters. The fraction of sp³-hybridized carbons (Fsp3) is 0.800. The van der Waals surface area contributed by atoms with Crippen LogP contribution in [0.3, 0.4) is 0 Å². The Morgan fingerprint density at radius 3 is 2.29 bits per heavy atom. The molecule has 1 fully saturated rings. The second-order valence-corrected chi connectivity index (χ2v) is 5.57. The smallest absolute Gasteiger partial charge is 0.308 e. The van der Waals surface area contributed by atoms with Crippen molar-refractivity contribution in [3.63, 3.8) is 0 Å². The summed E-state index contributed by atoms with van der Waals surface area (Å²) in [5.74, 6) is -1.47. The van der Waals surface area contributed by atoms with E-state index >= 15 is 0 Å². The average Bonchev–Trinajstić information content (AvgIpc) is 2.46. The molecule has 21 heavy (non-hydrogen) atoms. The lowest BCUT2D eigenvalue weighted by Crippen LogP contribution is -2.47. The average molecular weight is 298 g/mol. The first-order valence-corrected chi connectivity index (χ1v) is 7.70. The van der Waals surface area contributed by atoms with Gasteiger partial charge in [0.05, 0.1) is 5.92 Å². The number of likely N-dealkylation sites (tertiary alicyclic amines) is 1. The van der Waals surface area contributed by atoms with Crippen LogP contribution in [0.5, 0.6) is 0 Å². The molecule has 0 saturated carbocycles. The highest BCUT2D eigenvalue weighted by molar-refractivity contribution is 5.84. The fourth-order valence-corrected chi connectivity index (χ4v) is 2.75. The van der Waals surface area contributed by atoms with Crippen LogP contribution in [0.2, 0.25) is 0 Å². The van der Waals surface area contributed by atoms with Gasteiger partial charge in [0.1, 0.15) is 0 Å². The summed E-state index contributed by atoms with van der Waals surface area (Å²) in [7, 11) is 0. The molecular formula is C15H26N2O4. The molecule has 0 bridgehead atoms. The van der Waals surface area contributed by atoms with Crippen molar-refractivity contribution >= 4 is 17.8 Å². The molecule has 1 N–H and O–H groups in total. The summed E-state index contributed by atoms with van der Waals surface area (Å²) < 4.78 is 0. The zero-order valence-corrected chi connectivity index (χ0v) is 13.2. The highest BCUT2D eigenvalue weighted by Crippen LogP contribution is 2.23. The first kappa shape index (κ1) is 17.5. The van der Waals surface area contributed by atoms with Crippen molar-refractivity contribution in [2.24, 2.45) is 5.92 Å². The van der Waals surface area contributed by atoms with Crippen molar-refractivity contribution < 1.29 is 19.5 Å². The molecule has 1 aliphatic rings. The van der Waals surface area contributed by atoms with Gasteiger partial charge in [-0.15, -0.1) is 0 Å². The second-order valence-electron chi connectivity index (χ2n) is 5.57. The van der Waals surface area contributed by atoms with E-state index in [2.05, 4.69) is 0 Å². The Balaban J connectivity index is 2.53. The van der Waals surface area contributed by atoms with Crippen LogP contribution in [0.1, 0.15) is 46.5 Å². The van der Waals surface area contributed by atoms with Gasteiger partial charge >= 0.3 is 5.97 Å². The predicted molar refractivity (Wildman–Crippen MR) is 78.7 cm³/mol. The molecule has 0 aromatic carbocycles. The minimum atomic E-state index is -0.848. The van der Waals surface area contributed by atoms with E-state index in [-0.39, 0.29) is 37.2 Å². The van der Waals surface area contributed by atoms with E-state index in [1.54, 1.807) is 9.80 Å². The maximum atomic E-state index is 12.2. The maximum Gasteiger partial charge on any atom is 0.308 e. The molecule has 1 aliphatic heterocycles. The van der Waals surface area contributed by atoms with Crippen LogP contribution in [0.4, 0.5) is 0 Å². The third kappa shape index (κ3) is 4.72. The minimum Gasteiger partial charge on any atom is -0.481 e.